The van der Waals surface area contributed by atoms with Crippen molar-refractivity contribution in [1.82, 2.24) is 0 Å². The molecular weight excluding hydrogens is 365 g/mol. The van der Waals surface area contributed by atoms with E-state index in [-0.39, 0.29) is 0 Å². The smallest absolute Gasteiger partial charge is 0.416 e. The molecule has 0 aliphatic heterocycles. The fourth-order valence-electron chi connectivity index (χ4n) is 4.12. The van der Waals surface area contributed by atoms with Gasteiger partial charge in [-0.3, -0.25) is 0 Å². The molecule has 27 heavy (non-hydrogen) atoms. The molecule has 0 heterocycles. The van der Waals surface area contributed by atoms with E-state index in [0.29, 0.717) is 16.6 Å². The second-order valence-corrected chi connectivity index (χ2v) is 13.6. The van der Waals surface area contributed by atoms with E-state index in [2.05, 4.69) is 41.5 Å². The van der Waals surface area contributed by atoms with Gasteiger partial charge in [0.05, 0.1) is 5.56 Å². The van der Waals surface area contributed by atoms with Gasteiger partial charge >= 0.3 is 6.18 Å². The minimum absolute atomic E-state index is 0.595. The first-order valence-electron chi connectivity index (χ1n) is 9.99. The SMILES string of the molecule is CC(C)[Si](OCCCC/C=C/c1ccc(C(F)(F)F)cc1)(C(C)C)C(C)C. The average molecular weight is 401 g/mol. The van der Waals surface area contributed by atoms with Gasteiger partial charge in [0.15, 0.2) is 8.32 Å². The molecule has 0 spiro atoms. The van der Waals surface area contributed by atoms with E-state index in [1.165, 1.54) is 12.1 Å². The van der Waals surface area contributed by atoms with Gasteiger partial charge in [-0.15, -0.1) is 0 Å². The summed E-state index contributed by atoms with van der Waals surface area (Å²) in [5.74, 6) is 0. The van der Waals surface area contributed by atoms with Crippen molar-refractivity contribution < 1.29 is 17.6 Å². The first-order valence-corrected chi connectivity index (χ1v) is 12.1. The molecule has 1 rings (SSSR count). The molecule has 0 saturated heterocycles. The molecule has 0 aliphatic carbocycles. The van der Waals surface area contributed by atoms with Crippen LogP contribution in [0.25, 0.3) is 6.08 Å². The quantitative estimate of drug-likeness (QED) is 0.285. The molecule has 0 atom stereocenters. The molecule has 154 valence electrons. The van der Waals surface area contributed by atoms with Gasteiger partial charge in [-0.1, -0.05) is 65.8 Å². The second kappa shape index (κ2) is 10.5. The van der Waals surface area contributed by atoms with Gasteiger partial charge in [-0.25, -0.2) is 0 Å². The van der Waals surface area contributed by atoms with Crippen LogP contribution in [0.2, 0.25) is 16.6 Å². The minimum Gasteiger partial charge on any atom is -0.416 e. The van der Waals surface area contributed by atoms with E-state index in [1.54, 1.807) is 0 Å². The third-order valence-electron chi connectivity index (χ3n) is 5.37. The van der Waals surface area contributed by atoms with Crippen molar-refractivity contribution in [1.29, 1.82) is 0 Å². The Labute approximate surface area is 164 Å². The summed E-state index contributed by atoms with van der Waals surface area (Å²) in [6.45, 7) is 14.5. The highest BCUT2D eigenvalue weighted by Gasteiger charge is 2.44. The van der Waals surface area contributed by atoms with Crippen LogP contribution in [0.15, 0.2) is 30.3 Å². The Kier molecular flexibility index (Phi) is 9.29. The van der Waals surface area contributed by atoms with Crippen molar-refractivity contribution in [2.75, 3.05) is 6.61 Å². The predicted molar refractivity (Wildman–Crippen MR) is 111 cm³/mol. The number of hydrogen-bond donors (Lipinski definition) is 0. The number of rotatable bonds is 10. The molecule has 0 aromatic heterocycles. The van der Waals surface area contributed by atoms with Crippen molar-refractivity contribution in [3.05, 3.63) is 41.5 Å². The van der Waals surface area contributed by atoms with E-state index < -0.39 is 20.1 Å². The van der Waals surface area contributed by atoms with Crippen molar-refractivity contribution >= 4 is 14.4 Å². The molecule has 1 aromatic rings. The van der Waals surface area contributed by atoms with Crippen LogP contribution in [0.3, 0.4) is 0 Å². The first kappa shape index (κ1) is 24.0. The predicted octanol–water partition coefficient (Wildman–Crippen LogP) is 8.08. The summed E-state index contributed by atoms with van der Waals surface area (Å²) in [6.07, 6.45) is 2.58. The van der Waals surface area contributed by atoms with Crippen LogP contribution < -0.4 is 0 Å². The van der Waals surface area contributed by atoms with Crippen LogP contribution in [0.5, 0.6) is 0 Å². The summed E-state index contributed by atoms with van der Waals surface area (Å²) in [5.41, 5.74) is 1.97. The first-order chi connectivity index (χ1) is 12.5. The Morgan fingerprint density at radius 2 is 1.41 bits per heavy atom. The fourth-order valence-corrected chi connectivity index (χ4v) is 9.61. The van der Waals surface area contributed by atoms with Gasteiger partial charge in [0.25, 0.3) is 0 Å². The molecule has 0 aliphatic rings. The largest absolute Gasteiger partial charge is 0.416 e. The molecule has 0 radical (unpaired) electrons. The maximum absolute atomic E-state index is 12.6. The third-order valence-corrected chi connectivity index (χ3v) is 11.5. The molecule has 0 bridgehead atoms. The Morgan fingerprint density at radius 1 is 0.889 bits per heavy atom. The van der Waals surface area contributed by atoms with Crippen LogP contribution in [-0.2, 0) is 10.6 Å². The average Bonchev–Trinajstić information content (AvgIpc) is 2.56. The van der Waals surface area contributed by atoms with Gasteiger partial charge in [0.2, 0.25) is 0 Å². The Morgan fingerprint density at radius 3 is 1.85 bits per heavy atom. The van der Waals surface area contributed by atoms with E-state index in [0.717, 1.165) is 43.6 Å². The summed E-state index contributed by atoms with van der Waals surface area (Å²) >= 11 is 0. The molecule has 0 unspecified atom stereocenters. The normalized spacial score (nSPS) is 13.5. The van der Waals surface area contributed by atoms with Crippen molar-refractivity contribution in [3.8, 4) is 0 Å². The summed E-state index contributed by atoms with van der Waals surface area (Å²) in [5, 5.41) is 0. The third kappa shape index (κ3) is 6.79. The lowest BCUT2D eigenvalue weighted by molar-refractivity contribution is -0.137. The maximum atomic E-state index is 12.6. The number of alkyl halides is 3. The van der Waals surface area contributed by atoms with E-state index in [1.807, 2.05) is 12.2 Å². The monoisotopic (exact) mass is 400 g/mol. The fraction of sp³-hybridized carbons (Fsp3) is 0.636. The van der Waals surface area contributed by atoms with Crippen LogP contribution >= 0.6 is 0 Å². The Bertz CT molecular complexity index is 552. The summed E-state index contributed by atoms with van der Waals surface area (Å²) in [4.78, 5) is 0. The molecule has 0 N–H and O–H groups in total. The van der Waals surface area contributed by atoms with Gasteiger partial charge < -0.3 is 4.43 Å². The van der Waals surface area contributed by atoms with Gasteiger partial charge in [-0.05, 0) is 53.6 Å². The van der Waals surface area contributed by atoms with Crippen molar-refractivity contribution in [2.45, 2.75) is 83.6 Å². The molecule has 1 aromatic carbocycles. The molecule has 5 heteroatoms. The second-order valence-electron chi connectivity index (χ2n) is 8.18. The molecule has 0 saturated carbocycles. The number of halogens is 3. The molecular formula is C22H35F3OSi. The lowest BCUT2D eigenvalue weighted by Gasteiger charge is -2.42. The zero-order valence-electron chi connectivity index (χ0n) is 17.6. The molecule has 1 nitrogen and oxygen atoms in total. The lowest BCUT2D eigenvalue weighted by Crippen LogP contribution is -2.47. The zero-order chi connectivity index (χ0) is 20.7. The zero-order valence-corrected chi connectivity index (χ0v) is 18.6. The van der Waals surface area contributed by atoms with Crippen molar-refractivity contribution in [2.24, 2.45) is 0 Å². The standard InChI is InChI=1S/C22H35F3OSi/c1-17(2)27(18(3)4,19(5)6)26-16-10-8-7-9-11-20-12-14-21(15-13-20)22(23,24)25/h9,11-15,17-19H,7-8,10,16H2,1-6H3/b11-9+. The number of benzene rings is 1. The van der Waals surface area contributed by atoms with Crippen molar-refractivity contribution in [3.63, 3.8) is 0 Å². The maximum Gasteiger partial charge on any atom is 0.416 e. The van der Waals surface area contributed by atoms with Gasteiger partial charge in [0, 0.05) is 6.61 Å². The highest BCUT2D eigenvalue weighted by molar-refractivity contribution is 6.77. The minimum atomic E-state index is -4.28. The number of unbranched alkanes of at least 4 members (excludes halogenated alkanes) is 2. The molecule has 0 amide bonds. The van der Waals surface area contributed by atoms with E-state index in [9.17, 15) is 13.2 Å². The number of allylic oxidation sites excluding steroid dienone is 1. The van der Waals surface area contributed by atoms with Gasteiger partial charge in [-0.2, -0.15) is 13.2 Å². The van der Waals surface area contributed by atoms with Gasteiger partial charge in [0.1, 0.15) is 0 Å². The summed E-state index contributed by atoms with van der Waals surface area (Å²) < 4.78 is 44.2. The molecule has 0 fully saturated rings. The Balaban J connectivity index is 2.43. The topological polar surface area (TPSA) is 9.23 Å². The highest BCUT2D eigenvalue weighted by atomic mass is 28.4. The van der Waals surface area contributed by atoms with Crippen LogP contribution in [-0.4, -0.2) is 14.9 Å². The lowest BCUT2D eigenvalue weighted by atomic mass is 10.1. The summed E-state index contributed by atoms with van der Waals surface area (Å²) in [6, 6.07) is 5.27. The van der Waals surface area contributed by atoms with Crippen LogP contribution in [0.4, 0.5) is 13.2 Å². The Hall–Kier alpha value is -1.07. The highest BCUT2D eigenvalue weighted by Crippen LogP contribution is 2.42. The van der Waals surface area contributed by atoms with Crippen LogP contribution in [0.1, 0.15) is 71.9 Å². The van der Waals surface area contributed by atoms with E-state index in [4.69, 9.17) is 4.43 Å². The number of hydrogen-bond acceptors (Lipinski definition) is 1. The summed E-state index contributed by atoms with van der Waals surface area (Å²) in [7, 11) is -1.78. The van der Waals surface area contributed by atoms with Crippen LogP contribution in [0, 0.1) is 0 Å². The van der Waals surface area contributed by atoms with E-state index >= 15 is 0 Å².